The van der Waals surface area contributed by atoms with Crippen molar-refractivity contribution in [3.8, 4) is 0 Å². The number of aliphatic carboxylic acids is 2. The molecule has 100 valence electrons. The van der Waals surface area contributed by atoms with E-state index in [0.29, 0.717) is 0 Å². The predicted octanol–water partition coefficient (Wildman–Crippen LogP) is 1.06. The number of nitrogens with one attached hydrogen (secondary N) is 1. The first kappa shape index (κ1) is 16.1. The molecular weight excluding hydrogens is 238 g/mol. The normalized spacial score (nSPS) is 11.1. The van der Waals surface area contributed by atoms with Crippen molar-refractivity contribution in [2.75, 3.05) is 0 Å². The largest absolute Gasteiger partial charge is 0.473 e. The van der Waals surface area contributed by atoms with Crippen molar-refractivity contribution in [3.63, 3.8) is 0 Å². The van der Waals surface area contributed by atoms with Gasteiger partial charge in [-0.1, -0.05) is 29.8 Å². The number of hydrogen-bond donors (Lipinski definition) is 4. The Balaban J connectivity index is 0.000000411. The van der Waals surface area contributed by atoms with Gasteiger partial charge in [0, 0.05) is 6.04 Å². The monoisotopic (exact) mass is 255 g/mol. The Hall–Kier alpha value is -1.92. The smallest absolute Gasteiger partial charge is 0.414 e. The van der Waals surface area contributed by atoms with Crippen LogP contribution in [0.15, 0.2) is 24.3 Å². The van der Waals surface area contributed by atoms with Crippen LogP contribution in [-0.4, -0.2) is 33.4 Å². The van der Waals surface area contributed by atoms with Gasteiger partial charge in [0.2, 0.25) is 0 Å². The molecule has 0 aliphatic heterocycles. The van der Waals surface area contributed by atoms with Crippen molar-refractivity contribution in [3.05, 3.63) is 35.4 Å². The van der Waals surface area contributed by atoms with Crippen molar-refractivity contribution in [1.82, 2.24) is 5.48 Å². The highest BCUT2D eigenvalue weighted by Gasteiger charge is 2.04. The molecule has 0 aliphatic rings. The first-order valence-corrected chi connectivity index (χ1v) is 5.28. The zero-order valence-electron chi connectivity index (χ0n) is 10.3. The van der Waals surface area contributed by atoms with Crippen LogP contribution in [0.2, 0.25) is 0 Å². The summed E-state index contributed by atoms with van der Waals surface area (Å²) in [5.74, 6) is -3.65. The first-order valence-electron chi connectivity index (χ1n) is 5.28. The lowest BCUT2D eigenvalue weighted by atomic mass is 10.1. The number of rotatable bonds is 3. The summed E-state index contributed by atoms with van der Waals surface area (Å²) in [6, 6.07) is 8.46. The minimum atomic E-state index is -1.82. The molecule has 1 atom stereocenters. The summed E-state index contributed by atoms with van der Waals surface area (Å²) in [5, 5.41) is 23.4. The number of carboxylic acid groups (broad SMARTS) is 2. The summed E-state index contributed by atoms with van der Waals surface area (Å²) in [7, 11) is 0. The van der Waals surface area contributed by atoms with Crippen LogP contribution < -0.4 is 5.48 Å². The second-order valence-corrected chi connectivity index (χ2v) is 3.83. The van der Waals surface area contributed by atoms with E-state index in [1.54, 1.807) is 0 Å². The molecule has 1 unspecified atom stereocenters. The second-order valence-electron chi connectivity index (χ2n) is 3.83. The zero-order chi connectivity index (χ0) is 14.1. The molecule has 1 aromatic rings. The molecule has 0 saturated carbocycles. The van der Waals surface area contributed by atoms with Gasteiger partial charge in [-0.25, -0.2) is 15.1 Å². The van der Waals surface area contributed by atoms with E-state index in [4.69, 9.17) is 25.0 Å². The summed E-state index contributed by atoms with van der Waals surface area (Å²) in [6.07, 6.45) is 0.858. The van der Waals surface area contributed by atoms with E-state index >= 15 is 0 Å². The fraction of sp³-hybridized carbons (Fsp3) is 0.333. The molecular formula is C12H17NO5. The zero-order valence-corrected chi connectivity index (χ0v) is 10.3. The standard InChI is InChI=1S/C10H15NO.C2H2O4/c1-8-3-5-10(6-4-8)7-9(2)11-12;3-1(4)2(5)6/h3-6,9,11-12H,7H2,1-2H3;(H,3,4)(H,5,6). The molecule has 0 radical (unpaired) electrons. The Morgan fingerprint density at radius 1 is 1.17 bits per heavy atom. The van der Waals surface area contributed by atoms with Gasteiger partial charge in [0.15, 0.2) is 0 Å². The highest BCUT2D eigenvalue weighted by molar-refractivity contribution is 6.27. The van der Waals surface area contributed by atoms with Gasteiger partial charge in [0.05, 0.1) is 0 Å². The average molecular weight is 255 g/mol. The van der Waals surface area contributed by atoms with Crippen molar-refractivity contribution < 1.29 is 25.0 Å². The van der Waals surface area contributed by atoms with E-state index in [2.05, 4.69) is 36.7 Å². The number of benzene rings is 1. The molecule has 0 fully saturated rings. The van der Waals surface area contributed by atoms with Crippen LogP contribution in [0.3, 0.4) is 0 Å². The maximum absolute atomic E-state index is 9.10. The summed E-state index contributed by atoms with van der Waals surface area (Å²) >= 11 is 0. The molecule has 0 heterocycles. The summed E-state index contributed by atoms with van der Waals surface area (Å²) < 4.78 is 0. The van der Waals surface area contributed by atoms with E-state index < -0.39 is 11.9 Å². The highest BCUT2D eigenvalue weighted by Crippen LogP contribution is 2.05. The van der Waals surface area contributed by atoms with Gasteiger partial charge >= 0.3 is 11.9 Å². The van der Waals surface area contributed by atoms with Gasteiger partial charge in [-0.3, -0.25) is 0 Å². The lowest BCUT2D eigenvalue weighted by molar-refractivity contribution is -0.159. The molecule has 1 aromatic carbocycles. The predicted molar refractivity (Wildman–Crippen MR) is 64.5 cm³/mol. The van der Waals surface area contributed by atoms with Crippen molar-refractivity contribution >= 4 is 11.9 Å². The first-order chi connectivity index (χ1) is 8.36. The van der Waals surface area contributed by atoms with Crippen LogP contribution in [-0.2, 0) is 16.0 Å². The number of carboxylic acids is 2. The Morgan fingerprint density at radius 2 is 1.61 bits per heavy atom. The molecule has 0 saturated heterocycles. The van der Waals surface area contributed by atoms with E-state index in [0.717, 1.165) is 6.42 Å². The minimum Gasteiger partial charge on any atom is -0.473 e. The Labute approximate surface area is 105 Å². The van der Waals surface area contributed by atoms with E-state index in [1.165, 1.54) is 11.1 Å². The number of hydrogen-bond acceptors (Lipinski definition) is 4. The third-order valence-corrected chi connectivity index (χ3v) is 2.07. The van der Waals surface area contributed by atoms with E-state index in [9.17, 15) is 0 Å². The molecule has 18 heavy (non-hydrogen) atoms. The second kappa shape index (κ2) is 8.21. The van der Waals surface area contributed by atoms with E-state index in [1.807, 2.05) is 6.92 Å². The molecule has 1 rings (SSSR count). The van der Waals surface area contributed by atoms with Crippen molar-refractivity contribution in [2.45, 2.75) is 26.3 Å². The topological polar surface area (TPSA) is 107 Å². The van der Waals surface area contributed by atoms with E-state index in [-0.39, 0.29) is 6.04 Å². The third-order valence-electron chi connectivity index (χ3n) is 2.07. The molecule has 6 nitrogen and oxygen atoms in total. The van der Waals surface area contributed by atoms with Gasteiger partial charge in [0.25, 0.3) is 0 Å². The lowest BCUT2D eigenvalue weighted by Crippen LogP contribution is -2.24. The number of aryl methyl sites for hydroxylation is 1. The molecule has 0 aliphatic carbocycles. The van der Waals surface area contributed by atoms with Gasteiger partial charge in [-0.15, -0.1) is 0 Å². The van der Waals surface area contributed by atoms with Crippen LogP contribution in [0.1, 0.15) is 18.1 Å². The van der Waals surface area contributed by atoms with Gasteiger partial charge in [-0.05, 0) is 25.8 Å². The summed E-state index contributed by atoms with van der Waals surface area (Å²) in [5.41, 5.74) is 4.74. The Bertz CT molecular complexity index is 376. The summed E-state index contributed by atoms with van der Waals surface area (Å²) in [4.78, 5) is 18.2. The van der Waals surface area contributed by atoms with Gasteiger partial charge in [0.1, 0.15) is 0 Å². The molecule has 0 bridgehead atoms. The molecule has 6 heteroatoms. The Kier molecular flexibility index (Phi) is 7.34. The van der Waals surface area contributed by atoms with Crippen molar-refractivity contribution in [1.29, 1.82) is 0 Å². The summed E-state index contributed by atoms with van der Waals surface area (Å²) in [6.45, 7) is 4.01. The number of hydroxylamine groups is 1. The Morgan fingerprint density at radius 3 is 1.94 bits per heavy atom. The van der Waals surface area contributed by atoms with Crippen LogP contribution in [0, 0.1) is 6.92 Å². The fourth-order valence-corrected chi connectivity index (χ4v) is 1.12. The molecule has 0 aromatic heterocycles. The lowest BCUT2D eigenvalue weighted by Gasteiger charge is -2.08. The van der Waals surface area contributed by atoms with Gasteiger partial charge in [-0.2, -0.15) is 0 Å². The van der Waals surface area contributed by atoms with Crippen LogP contribution in [0.25, 0.3) is 0 Å². The maximum atomic E-state index is 9.10. The quantitative estimate of drug-likeness (QED) is 0.475. The van der Waals surface area contributed by atoms with Gasteiger partial charge < -0.3 is 15.4 Å². The molecule has 0 spiro atoms. The van der Waals surface area contributed by atoms with Crippen LogP contribution in [0.5, 0.6) is 0 Å². The third kappa shape index (κ3) is 7.37. The highest BCUT2D eigenvalue weighted by atomic mass is 16.5. The molecule has 0 amide bonds. The average Bonchev–Trinajstić information content (AvgIpc) is 2.32. The minimum absolute atomic E-state index is 0.118. The molecule has 4 N–H and O–H groups in total. The van der Waals surface area contributed by atoms with Crippen LogP contribution >= 0.6 is 0 Å². The fourth-order valence-electron chi connectivity index (χ4n) is 1.12. The maximum Gasteiger partial charge on any atom is 0.414 e. The van der Waals surface area contributed by atoms with Crippen LogP contribution in [0.4, 0.5) is 0 Å². The number of carbonyl (C=O) groups is 2. The van der Waals surface area contributed by atoms with Crippen molar-refractivity contribution in [2.24, 2.45) is 0 Å². The SMILES string of the molecule is Cc1ccc(CC(C)NO)cc1.O=C(O)C(=O)O.